The monoisotopic (exact) mass is 243 g/mol. The van der Waals surface area contributed by atoms with Gasteiger partial charge in [-0.05, 0) is 19.4 Å². The summed E-state index contributed by atoms with van der Waals surface area (Å²) < 4.78 is 5.24. The molecule has 1 aromatic rings. The summed E-state index contributed by atoms with van der Waals surface area (Å²) in [5, 5.41) is 0.0882. The maximum absolute atomic E-state index is 12.0. The number of hydrogen-bond acceptors (Lipinski definition) is 2. The maximum Gasteiger partial charge on any atom is 0.257 e. The first kappa shape index (κ1) is 13.1. The minimum atomic E-state index is 0.00270. The molecule has 1 heterocycles. The van der Waals surface area contributed by atoms with Crippen molar-refractivity contribution in [3.63, 3.8) is 0 Å². The molecule has 90 valence electrons. The van der Waals surface area contributed by atoms with Crippen LogP contribution >= 0.6 is 11.6 Å². The molecule has 1 atom stereocenters. The zero-order valence-electron chi connectivity index (χ0n) is 10.00. The molecular weight excluding hydrogens is 226 g/mol. The fourth-order valence-corrected chi connectivity index (χ4v) is 1.58. The van der Waals surface area contributed by atoms with Crippen LogP contribution < -0.4 is 0 Å². The lowest BCUT2D eigenvalue weighted by atomic mass is 10.2. The van der Waals surface area contributed by atoms with Crippen molar-refractivity contribution < 1.29 is 9.21 Å². The molecule has 1 rings (SSSR count). The van der Waals surface area contributed by atoms with Crippen molar-refractivity contribution >= 4 is 17.5 Å². The van der Waals surface area contributed by atoms with Gasteiger partial charge in [0.2, 0.25) is 0 Å². The predicted octanol–water partition coefficient (Wildman–Crippen LogP) is 2.93. The lowest BCUT2D eigenvalue weighted by molar-refractivity contribution is 0.0791. The molecule has 0 fully saturated rings. The molecule has 1 unspecified atom stereocenters. The highest BCUT2D eigenvalue weighted by Crippen LogP contribution is 2.14. The van der Waals surface area contributed by atoms with Crippen molar-refractivity contribution in [2.24, 2.45) is 0 Å². The van der Waals surface area contributed by atoms with Crippen molar-refractivity contribution in [1.82, 2.24) is 4.90 Å². The zero-order valence-corrected chi connectivity index (χ0v) is 10.8. The normalized spacial score (nSPS) is 12.5. The Morgan fingerprint density at radius 2 is 2.31 bits per heavy atom. The Morgan fingerprint density at radius 3 is 2.88 bits per heavy atom. The quantitative estimate of drug-likeness (QED) is 0.745. The van der Waals surface area contributed by atoms with Crippen molar-refractivity contribution in [2.45, 2.75) is 32.1 Å². The van der Waals surface area contributed by atoms with Crippen LogP contribution in [0.1, 0.15) is 36.4 Å². The number of hydrogen-bond donors (Lipinski definition) is 0. The van der Waals surface area contributed by atoms with Gasteiger partial charge in [-0.3, -0.25) is 4.79 Å². The summed E-state index contributed by atoms with van der Waals surface area (Å²) in [7, 11) is 1.79. The van der Waals surface area contributed by atoms with Crippen molar-refractivity contribution in [2.75, 3.05) is 13.6 Å². The van der Waals surface area contributed by atoms with E-state index in [9.17, 15) is 4.79 Å². The van der Waals surface area contributed by atoms with Crippen molar-refractivity contribution in [1.29, 1.82) is 0 Å². The van der Waals surface area contributed by atoms with E-state index in [4.69, 9.17) is 16.0 Å². The van der Waals surface area contributed by atoms with Crippen LogP contribution in [0.5, 0.6) is 0 Å². The number of furan rings is 1. The Morgan fingerprint density at radius 1 is 1.62 bits per heavy atom. The summed E-state index contributed by atoms with van der Waals surface area (Å²) in [4.78, 5) is 13.7. The topological polar surface area (TPSA) is 33.5 Å². The Hall–Kier alpha value is -0.960. The molecule has 1 amide bonds. The number of rotatable bonds is 5. The fraction of sp³-hybridized carbons (Fsp3) is 0.583. The van der Waals surface area contributed by atoms with Gasteiger partial charge in [0, 0.05) is 25.4 Å². The molecule has 0 N–H and O–H groups in total. The number of aryl methyl sites for hydroxylation is 1. The molecule has 0 aliphatic rings. The van der Waals surface area contributed by atoms with Crippen LogP contribution in [-0.4, -0.2) is 29.8 Å². The molecule has 0 saturated carbocycles. The number of carbonyl (C=O) groups excluding carboxylic acids is 1. The van der Waals surface area contributed by atoms with Crippen LogP contribution in [0.25, 0.3) is 0 Å². The van der Waals surface area contributed by atoms with Gasteiger partial charge in [0.05, 0.1) is 11.8 Å². The standard InChI is InChI=1S/C12H18ClNO2/c1-4-11-10(6-8-16-11)12(15)14(3)7-5-9(2)13/h6,8-9H,4-5,7H2,1-3H3. The SMILES string of the molecule is CCc1occc1C(=O)N(C)CCC(C)Cl. The molecule has 0 radical (unpaired) electrons. The van der Waals surface area contributed by atoms with Crippen LogP contribution in [0.3, 0.4) is 0 Å². The van der Waals surface area contributed by atoms with Gasteiger partial charge in [-0.1, -0.05) is 6.92 Å². The van der Waals surface area contributed by atoms with Gasteiger partial charge in [-0.25, -0.2) is 0 Å². The van der Waals surface area contributed by atoms with E-state index >= 15 is 0 Å². The molecule has 1 aromatic heterocycles. The van der Waals surface area contributed by atoms with Crippen LogP contribution in [-0.2, 0) is 6.42 Å². The van der Waals surface area contributed by atoms with Gasteiger partial charge < -0.3 is 9.32 Å². The number of amides is 1. The third kappa shape index (κ3) is 3.27. The summed E-state index contributed by atoms with van der Waals surface area (Å²) in [6, 6.07) is 1.72. The summed E-state index contributed by atoms with van der Waals surface area (Å²) in [5.74, 6) is 0.749. The van der Waals surface area contributed by atoms with E-state index < -0.39 is 0 Å². The highest BCUT2D eigenvalue weighted by molar-refractivity contribution is 6.20. The van der Waals surface area contributed by atoms with E-state index in [1.165, 1.54) is 0 Å². The summed E-state index contributed by atoms with van der Waals surface area (Å²) >= 11 is 5.85. The van der Waals surface area contributed by atoms with Gasteiger partial charge in [-0.15, -0.1) is 11.6 Å². The average Bonchev–Trinajstić information content (AvgIpc) is 2.72. The second-order valence-electron chi connectivity index (χ2n) is 3.91. The van der Waals surface area contributed by atoms with Crippen LogP contribution in [0.4, 0.5) is 0 Å². The second-order valence-corrected chi connectivity index (χ2v) is 4.65. The molecule has 0 spiro atoms. The largest absolute Gasteiger partial charge is 0.469 e. The molecule has 3 nitrogen and oxygen atoms in total. The molecule has 0 aromatic carbocycles. The Labute approximate surface area is 101 Å². The number of carbonyl (C=O) groups is 1. The fourth-order valence-electron chi connectivity index (χ4n) is 1.48. The third-order valence-electron chi connectivity index (χ3n) is 2.51. The highest BCUT2D eigenvalue weighted by atomic mass is 35.5. The van der Waals surface area contributed by atoms with E-state index in [2.05, 4.69) is 0 Å². The molecule has 16 heavy (non-hydrogen) atoms. The Kier molecular flexibility index (Phi) is 4.87. The number of halogens is 1. The molecule has 0 aliphatic carbocycles. The third-order valence-corrected chi connectivity index (χ3v) is 2.72. The average molecular weight is 244 g/mol. The lowest BCUT2D eigenvalue weighted by Crippen LogP contribution is -2.29. The van der Waals surface area contributed by atoms with E-state index in [1.807, 2.05) is 13.8 Å². The van der Waals surface area contributed by atoms with Crippen molar-refractivity contribution in [3.05, 3.63) is 23.7 Å². The van der Waals surface area contributed by atoms with Crippen LogP contribution in [0.15, 0.2) is 16.7 Å². The van der Waals surface area contributed by atoms with Gasteiger partial charge in [0.1, 0.15) is 5.76 Å². The first-order chi connectivity index (χ1) is 7.56. The smallest absolute Gasteiger partial charge is 0.257 e. The Balaban J connectivity index is 2.63. The van der Waals surface area contributed by atoms with Crippen LogP contribution in [0, 0.1) is 0 Å². The summed E-state index contributed by atoms with van der Waals surface area (Å²) in [5.41, 5.74) is 0.659. The number of nitrogens with zero attached hydrogens (tertiary/aromatic N) is 1. The minimum Gasteiger partial charge on any atom is -0.469 e. The molecule has 0 aliphatic heterocycles. The molecule has 4 heteroatoms. The molecule has 0 saturated heterocycles. The maximum atomic E-state index is 12.0. The van der Waals surface area contributed by atoms with Crippen molar-refractivity contribution in [3.8, 4) is 0 Å². The molecular formula is C12H18ClNO2. The lowest BCUT2D eigenvalue weighted by Gasteiger charge is -2.17. The van der Waals surface area contributed by atoms with E-state index in [0.717, 1.165) is 18.6 Å². The van der Waals surface area contributed by atoms with Gasteiger partial charge in [-0.2, -0.15) is 0 Å². The van der Waals surface area contributed by atoms with Gasteiger partial charge >= 0.3 is 0 Å². The van der Waals surface area contributed by atoms with E-state index in [1.54, 1.807) is 24.3 Å². The predicted molar refractivity (Wildman–Crippen MR) is 65.0 cm³/mol. The second kappa shape index (κ2) is 5.94. The highest BCUT2D eigenvalue weighted by Gasteiger charge is 2.17. The van der Waals surface area contributed by atoms with Crippen LogP contribution in [0.2, 0.25) is 0 Å². The first-order valence-corrected chi connectivity index (χ1v) is 5.95. The Bertz CT molecular complexity index is 347. The van der Waals surface area contributed by atoms with Gasteiger partial charge in [0.15, 0.2) is 0 Å². The van der Waals surface area contributed by atoms with Gasteiger partial charge in [0.25, 0.3) is 5.91 Å². The number of alkyl halides is 1. The molecule has 0 bridgehead atoms. The first-order valence-electron chi connectivity index (χ1n) is 5.52. The minimum absolute atomic E-state index is 0.00270. The summed E-state index contributed by atoms with van der Waals surface area (Å²) in [6.45, 7) is 4.56. The van der Waals surface area contributed by atoms with E-state index in [0.29, 0.717) is 12.1 Å². The summed E-state index contributed by atoms with van der Waals surface area (Å²) in [6.07, 6.45) is 3.08. The van der Waals surface area contributed by atoms with E-state index in [-0.39, 0.29) is 11.3 Å². The zero-order chi connectivity index (χ0) is 12.1.